The van der Waals surface area contributed by atoms with E-state index in [-0.39, 0.29) is 10.3 Å². The van der Waals surface area contributed by atoms with Gasteiger partial charge in [-0.05, 0) is 12.5 Å². The van der Waals surface area contributed by atoms with E-state index >= 15 is 0 Å². The molecule has 1 heterocycles. The summed E-state index contributed by atoms with van der Waals surface area (Å²) in [5.74, 6) is 0. The molecule has 16 heavy (non-hydrogen) atoms. The van der Waals surface area contributed by atoms with Gasteiger partial charge in [-0.1, -0.05) is 11.3 Å². The Labute approximate surface area is 100 Å². The highest BCUT2D eigenvalue weighted by Crippen LogP contribution is 2.22. The Morgan fingerprint density at radius 3 is 2.88 bits per heavy atom. The fourth-order valence-corrected chi connectivity index (χ4v) is 2.17. The van der Waals surface area contributed by atoms with Gasteiger partial charge in [0, 0.05) is 46.8 Å². The van der Waals surface area contributed by atoms with Gasteiger partial charge in [-0.2, -0.15) is 0 Å². The molecule has 0 radical (unpaired) electrons. The van der Waals surface area contributed by atoms with Crippen molar-refractivity contribution in [3.8, 4) is 0 Å². The monoisotopic (exact) mass is 262 g/mol. The van der Waals surface area contributed by atoms with Crippen LogP contribution in [0.15, 0.2) is 11.4 Å². The van der Waals surface area contributed by atoms with Crippen molar-refractivity contribution in [2.45, 2.75) is 18.7 Å². The van der Waals surface area contributed by atoms with E-state index in [1.54, 1.807) is 17.7 Å². The molecule has 0 aliphatic rings. The number of nitro groups is 1. The molecule has 0 saturated carbocycles. The summed E-state index contributed by atoms with van der Waals surface area (Å²) in [7, 11) is -0.838. The van der Waals surface area contributed by atoms with E-state index in [9.17, 15) is 14.3 Å². The molecule has 2 atom stereocenters. The number of nitrogens with one attached hydrogen (secondary N) is 1. The molecule has 0 amide bonds. The van der Waals surface area contributed by atoms with Crippen LogP contribution >= 0.6 is 11.3 Å². The normalized spacial score (nSPS) is 14.6. The Hall–Kier alpha value is -0.790. The van der Waals surface area contributed by atoms with Gasteiger partial charge in [0.25, 0.3) is 0 Å². The standard InChI is InChI=1S/C9H14N2O3S2/c1-7(16(2)14)4-10-5-8-3-9(11(12)13)15-6-8/h3,6-7,10H,4-5H2,1-2H3. The van der Waals surface area contributed by atoms with Gasteiger partial charge < -0.3 is 5.32 Å². The molecule has 0 fully saturated rings. The molecule has 0 bridgehead atoms. The van der Waals surface area contributed by atoms with Gasteiger partial charge in [0.05, 0.1) is 4.92 Å². The van der Waals surface area contributed by atoms with E-state index in [1.165, 1.54) is 0 Å². The first-order valence-electron chi connectivity index (χ1n) is 4.75. The third-order valence-corrected chi connectivity index (χ3v) is 4.38. The summed E-state index contributed by atoms with van der Waals surface area (Å²) < 4.78 is 11.1. The van der Waals surface area contributed by atoms with Crippen LogP contribution in [0.4, 0.5) is 5.00 Å². The topological polar surface area (TPSA) is 72.2 Å². The first kappa shape index (κ1) is 13.3. The van der Waals surface area contributed by atoms with E-state index < -0.39 is 15.7 Å². The predicted octanol–water partition coefficient (Wildman–Crippen LogP) is 1.51. The number of thiophene rings is 1. The van der Waals surface area contributed by atoms with Gasteiger partial charge >= 0.3 is 5.00 Å². The molecule has 0 aromatic carbocycles. The summed E-state index contributed by atoms with van der Waals surface area (Å²) in [5.41, 5.74) is 0.894. The zero-order chi connectivity index (χ0) is 12.1. The summed E-state index contributed by atoms with van der Waals surface area (Å²) in [6.07, 6.45) is 1.67. The quantitative estimate of drug-likeness (QED) is 0.623. The molecule has 1 N–H and O–H groups in total. The lowest BCUT2D eigenvalue weighted by Gasteiger charge is -2.08. The third-order valence-electron chi connectivity index (χ3n) is 2.15. The van der Waals surface area contributed by atoms with Crippen molar-refractivity contribution in [3.05, 3.63) is 27.1 Å². The van der Waals surface area contributed by atoms with E-state index in [1.807, 2.05) is 6.92 Å². The molecule has 0 aliphatic heterocycles. The molecular formula is C9H14N2O3S2. The van der Waals surface area contributed by atoms with Crippen molar-refractivity contribution in [2.75, 3.05) is 12.8 Å². The van der Waals surface area contributed by atoms with E-state index in [4.69, 9.17) is 0 Å². The predicted molar refractivity (Wildman–Crippen MR) is 66.2 cm³/mol. The number of nitrogens with zero attached hydrogens (tertiary/aromatic N) is 1. The van der Waals surface area contributed by atoms with Crippen LogP contribution in [0.1, 0.15) is 12.5 Å². The lowest BCUT2D eigenvalue weighted by atomic mass is 10.3. The van der Waals surface area contributed by atoms with Gasteiger partial charge in [0.2, 0.25) is 0 Å². The molecule has 5 nitrogen and oxygen atoms in total. The van der Waals surface area contributed by atoms with Crippen LogP contribution in [0, 0.1) is 10.1 Å². The second-order valence-electron chi connectivity index (χ2n) is 3.49. The molecule has 7 heteroatoms. The maximum Gasteiger partial charge on any atom is 0.324 e. The molecule has 1 rings (SSSR count). The lowest BCUT2D eigenvalue weighted by Crippen LogP contribution is -2.26. The highest BCUT2D eigenvalue weighted by Gasteiger charge is 2.10. The number of hydrogen-bond acceptors (Lipinski definition) is 5. The molecular weight excluding hydrogens is 248 g/mol. The van der Waals surface area contributed by atoms with Crippen LogP contribution < -0.4 is 5.32 Å². The highest BCUT2D eigenvalue weighted by molar-refractivity contribution is 7.84. The summed E-state index contributed by atoms with van der Waals surface area (Å²) in [4.78, 5) is 10.0. The minimum Gasteiger partial charge on any atom is -0.311 e. The van der Waals surface area contributed by atoms with Gasteiger partial charge in [-0.25, -0.2) is 0 Å². The maximum atomic E-state index is 11.1. The summed E-state index contributed by atoms with van der Waals surface area (Å²) in [6, 6.07) is 1.56. The molecule has 90 valence electrons. The lowest BCUT2D eigenvalue weighted by molar-refractivity contribution is -0.380. The SMILES string of the molecule is CC(CNCc1csc([N+](=O)[O-])c1)S(C)=O. The van der Waals surface area contributed by atoms with Gasteiger partial charge in [0.1, 0.15) is 0 Å². The highest BCUT2D eigenvalue weighted by atomic mass is 32.2. The van der Waals surface area contributed by atoms with Crippen molar-refractivity contribution in [3.63, 3.8) is 0 Å². The smallest absolute Gasteiger partial charge is 0.311 e. The third kappa shape index (κ3) is 3.99. The second kappa shape index (κ2) is 6.07. The van der Waals surface area contributed by atoms with Crippen molar-refractivity contribution in [1.29, 1.82) is 0 Å². The average molecular weight is 262 g/mol. The van der Waals surface area contributed by atoms with Gasteiger partial charge in [0.15, 0.2) is 0 Å². The van der Waals surface area contributed by atoms with Crippen LogP contribution in [0.25, 0.3) is 0 Å². The van der Waals surface area contributed by atoms with Crippen LogP contribution in [-0.4, -0.2) is 27.2 Å². The van der Waals surface area contributed by atoms with Crippen molar-refractivity contribution < 1.29 is 9.13 Å². The van der Waals surface area contributed by atoms with Crippen LogP contribution in [-0.2, 0) is 17.3 Å². The fraction of sp³-hybridized carbons (Fsp3) is 0.556. The zero-order valence-electron chi connectivity index (χ0n) is 9.13. The molecule has 0 saturated heterocycles. The first-order valence-corrected chi connectivity index (χ1v) is 7.25. The maximum absolute atomic E-state index is 11.1. The minimum absolute atomic E-state index is 0.0913. The van der Waals surface area contributed by atoms with Gasteiger partial charge in [-0.3, -0.25) is 14.3 Å². The largest absolute Gasteiger partial charge is 0.324 e. The Bertz CT molecular complexity index is 392. The van der Waals surface area contributed by atoms with Crippen LogP contribution in [0.2, 0.25) is 0 Å². The molecule has 1 aromatic rings. The molecule has 0 spiro atoms. The molecule has 0 aliphatic carbocycles. The van der Waals surface area contributed by atoms with Crippen molar-refractivity contribution in [1.82, 2.24) is 5.32 Å². The average Bonchev–Trinajstić information content (AvgIpc) is 2.66. The molecule has 1 aromatic heterocycles. The number of rotatable bonds is 6. The minimum atomic E-state index is -0.838. The Morgan fingerprint density at radius 1 is 1.69 bits per heavy atom. The van der Waals surface area contributed by atoms with Crippen LogP contribution in [0.5, 0.6) is 0 Å². The molecule has 2 unspecified atom stereocenters. The second-order valence-corrected chi connectivity index (χ2v) is 6.18. The number of hydrogen-bond donors (Lipinski definition) is 1. The van der Waals surface area contributed by atoms with Gasteiger partial charge in [-0.15, -0.1) is 0 Å². The van der Waals surface area contributed by atoms with E-state index in [2.05, 4.69) is 5.32 Å². The zero-order valence-corrected chi connectivity index (χ0v) is 10.8. The summed E-state index contributed by atoms with van der Waals surface area (Å²) in [5, 5.41) is 15.6. The van der Waals surface area contributed by atoms with Crippen LogP contribution in [0.3, 0.4) is 0 Å². The first-order chi connectivity index (χ1) is 7.50. The van der Waals surface area contributed by atoms with E-state index in [0.29, 0.717) is 13.1 Å². The Morgan fingerprint density at radius 2 is 2.38 bits per heavy atom. The summed E-state index contributed by atoms with van der Waals surface area (Å²) >= 11 is 1.12. The van der Waals surface area contributed by atoms with Crippen molar-refractivity contribution in [2.24, 2.45) is 0 Å². The van der Waals surface area contributed by atoms with Crippen molar-refractivity contribution >= 4 is 27.1 Å². The Balaban J connectivity index is 2.37. The van der Waals surface area contributed by atoms with E-state index in [0.717, 1.165) is 16.9 Å². The summed E-state index contributed by atoms with van der Waals surface area (Å²) in [6.45, 7) is 3.12. The Kier molecular flexibility index (Phi) is 5.04. The fourth-order valence-electron chi connectivity index (χ4n) is 1.09.